The fourth-order valence-corrected chi connectivity index (χ4v) is 10.8. The van der Waals surface area contributed by atoms with Crippen molar-refractivity contribution in [2.45, 2.75) is 139 Å². The van der Waals surface area contributed by atoms with Gasteiger partial charge in [-0.25, -0.2) is 0 Å². The Morgan fingerprint density at radius 3 is 1.62 bits per heavy atom. The molecule has 3 aromatic rings. The van der Waals surface area contributed by atoms with Crippen LogP contribution in [-0.2, 0) is 29.2 Å². The minimum atomic E-state index is -0.192. The van der Waals surface area contributed by atoms with E-state index in [-0.39, 0.29) is 42.3 Å². The van der Waals surface area contributed by atoms with E-state index < -0.39 is 0 Å². The Hall–Kier alpha value is -4.08. The maximum absolute atomic E-state index is 11.3. The van der Waals surface area contributed by atoms with Gasteiger partial charge in [-0.3, -0.25) is 24.3 Å². The van der Waals surface area contributed by atoms with Crippen LogP contribution in [0.3, 0.4) is 0 Å². The van der Waals surface area contributed by atoms with E-state index in [2.05, 4.69) is 105 Å². The fourth-order valence-electron chi connectivity index (χ4n) is 10.8. The van der Waals surface area contributed by atoms with Gasteiger partial charge in [0.2, 0.25) is 11.8 Å². The molecule has 10 fully saturated rings. The third kappa shape index (κ3) is 12.8. The Labute approximate surface area is 382 Å². The van der Waals surface area contributed by atoms with Crippen LogP contribution < -0.4 is 22.1 Å². The number of nitrogens with one attached hydrogen (secondary N) is 2. The van der Waals surface area contributed by atoms with E-state index in [0.717, 1.165) is 74.0 Å². The van der Waals surface area contributed by atoms with Gasteiger partial charge in [-0.2, -0.15) is 5.26 Å². The van der Waals surface area contributed by atoms with Gasteiger partial charge in [0, 0.05) is 49.8 Å². The van der Waals surface area contributed by atoms with Crippen molar-refractivity contribution in [3.05, 3.63) is 120 Å². The van der Waals surface area contributed by atoms with Gasteiger partial charge in [-0.1, -0.05) is 97.1 Å². The molecule has 6 N–H and O–H groups in total. The van der Waals surface area contributed by atoms with Crippen molar-refractivity contribution in [1.82, 2.24) is 25.3 Å². The molecule has 13 atom stereocenters. The topological polar surface area (TPSA) is 144 Å². The number of hydrogen-bond donors (Lipinski definition) is 4. The summed E-state index contributed by atoms with van der Waals surface area (Å²) < 4.78 is 0. The summed E-state index contributed by atoms with van der Waals surface area (Å²) in [4.78, 5) is 29.2. The molecule has 5 saturated heterocycles. The molecule has 13 rings (SSSR count). The predicted octanol–water partition coefficient (Wildman–Crippen LogP) is 6.79. The Bertz CT molecular complexity index is 1970. The van der Waals surface area contributed by atoms with Gasteiger partial charge >= 0.3 is 0 Å². The molecule has 338 valence electrons. The van der Waals surface area contributed by atoms with E-state index in [9.17, 15) is 9.59 Å². The number of nitrogens with two attached hydrogens (primary N) is 2. The second kappa shape index (κ2) is 21.7. The van der Waals surface area contributed by atoms with Gasteiger partial charge in [-0.05, 0) is 131 Å². The number of allylic oxidation sites excluding steroid dienone is 1. The minimum Gasteiger partial charge on any atom is -0.368 e. The van der Waals surface area contributed by atoms with Crippen LogP contribution in [0.1, 0.15) is 87.8 Å². The number of piperidine rings is 5. The highest BCUT2D eigenvalue weighted by atomic mass is 35.5. The van der Waals surface area contributed by atoms with Crippen LogP contribution in [0.15, 0.2) is 104 Å². The summed E-state index contributed by atoms with van der Waals surface area (Å²) in [5, 5.41) is 15.6. The monoisotopic (exact) mass is 875 g/mol. The molecular formula is C52H71ClN8O2. The Morgan fingerprint density at radius 1 is 0.667 bits per heavy atom. The Kier molecular flexibility index (Phi) is 16.2. The maximum atomic E-state index is 11.3. The van der Waals surface area contributed by atoms with Crippen molar-refractivity contribution in [2.75, 3.05) is 13.1 Å². The number of primary amides is 2. The molecule has 10 nitrogen and oxygen atoms in total. The molecule has 3 aromatic carbocycles. The average molecular weight is 876 g/mol. The summed E-state index contributed by atoms with van der Waals surface area (Å²) in [7, 11) is 0. The highest BCUT2D eigenvalue weighted by Crippen LogP contribution is 2.49. The average Bonchev–Trinajstić information content (AvgIpc) is 4.21. The third-order valence-electron chi connectivity index (χ3n) is 14.8. The number of carbonyl (C=O) groups excluding carboxylic acids is 2. The lowest BCUT2D eigenvalue weighted by atomic mass is 10.1. The van der Waals surface area contributed by atoms with E-state index in [0.29, 0.717) is 18.1 Å². The maximum Gasteiger partial charge on any atom is 0.234 e. The molecule has 5 aliphatic carbocycles. The van der Waals surface area contributed by atoms with Crippen LogP contribution in [0.4, 0.5) is 0 Å². The zero-order chi connectivity index (χ0) is 43.2. The molecule has 2 amide bonds. The highest BCUT2D eigenvalue weighted by molar-refractivity contribution is 5.85. The first-order chi connectivity index (χ1) is 30.2. The molecule has 5 heterocycles. The van der Waals surface area contributed by atoms with Gasteiger partial charge < -0.3 is 22.1 Å². The van der Waals surface area contributed by atoms with Crippen molar-refractivity contribution in [2.24, 2.45) is 41.1 Å². The minimum absolute atomic E-state index is 0. The van der Waals surface area contributed by atoms with E-state index >= 15 is 0 Å². The van der Waals surface area contributed by atoms with Crippen molar-refractivity contribution in [1.29, 1.82) is 5.26 Å². The SMILES string of the molecule is C1C[C@@H]2CC2N1.C=CC.Cl.N#C[C@@H]1C[C@@H]2CC2N1Cc1ccccc1.NC(=O)[C@@H]1C[C@@H]2CC2N1.NC(=O)[C@@H]1C[C@@H]2CC2N1Cc1ccccc1.c1ccc(CN2CC[C@@H]3CC32)cc1. The lowest BCUT2D eigenvalue weighted by Gasteiger charge is -2.24. The smallest absolute Gasteiger partial charge is 0.234 e. The molecule has 0 radical (unpaired) electrons. The first-order valence-electron chi connectivity index (χ1n) is 23.6. The van der Waals surface area contributed by atoms with Gasteiger partial charge in [0.05, 0.1) is 24.2 Å². The second-order valence-electron chi connectivity index (χ2n) is 19.5. The van der Waals surface area contributed by atoms with Gasteiger partial charge in [-0.15, -0.1) is 19.0 Å². The number of carbonyl (C=O) groups is 2. The van der Waals surface area contributed by atoms with Crippen molar-refractivity contribution >= 4 is 24.2 Å². The van der Waals surface area contributed by atoms with E-state index in [1.807, 2.05) is 31.2 Å². The number of nitrogens with zero attached hydrogens (tertiary/aromatic N) is 4. The van der Waals surface area contributed by atoms with Gasteiger partial charge in [0.15, 0.2) is 0 Å². The number of likely N-dealkylation sites (tertiary alicyclic amines) is 3. The highest BCUT2D eigenvalue weighted by Gasteiger charge is 2.54. The number of rotatable bonds is 8. The van der Waals surface area contributed by atoms with E-state index in [4.69, 9.17) is 16.7 Å². The number of halogens is 1. The van der Waals surface area contributed by atoms with Crippen LogP contribution in [0.25, 0.3) is 0 Å². The molecular weight excluding hydrogens is 804 g/mol. The van der Waals surface area contributed by atoms with Crippen LogP contribution in [0.5, 0.6) is 0 Å². The zero-order valence-corrected chi connectivity index (χ0v) is 38.0. The zero-order valence-electron chi connectivity index (χ0n) is 37.2. The van der Waals surface area contributed by atoms with E-state index in [1.165, 1.54) is 81.3 Å². The summed E-state index contributed by atoms with van der Waals surface area (Å²) in [6.07, 6.45) is 14.4. The number of hydrogen-bond acceptors (Lipinski definition) is 8. The lowest BCUT2D eigenvalue weighted by molar-refractivity contribution is -0.123. The first kappa shape index (κ1) is 46.9. The molecule has 0 spiro atoms. The van der Waals surface area contributed by atoms with Crippen LogP contribution in [0.2, 0.25) is 0 Å². The first-order valence-corrected chi connectivity index (χ1v) is 23.6. The summed E-state index contributed by atoms with van der Waals surface area (Å²) in [5.74, 6) is 4.11. The number of nitriles is 1. The quantitative estimate of drug-likeness (QED) is 0.181. The molecule has 63 heavy (non-hydrogen) atoms. The lowest BCUT2D eigenvalue weighted by Crippen LogP contribution is -2.42. The van der Waals surface area contributed by atoms with E-state index in [1.54, 1.807) is 6.08 Å². The molecule has 5 unspecified atom stereocenters. The fraction of sp³-hybridized carbons (Fsp3) is 0.558. The molecule has 10 aliphatic rings. The van der Waals surface area contributed by atoms with Crippen LogP contribution in [-0.4, -0.2) is 87.9 Å². The molecule has 5 saturated carbocycles. The molecule has 0 aromatic heterocycles. The van der Waals surface area contributed by atoms with Gasteiger partial charge in [0.25, 0.3) is 0 Å². The summed E-state index contributed by atoms with van der Waals surface area (Å²) in [5.41, 5.74) is 14.6. The largest absolute Gasteiger partial charge is 0.368 e. The number of benzene rings is 3. The van der Waals surface area contributed by atoms with Crippen molar-refractivity contribution in [3.63, 3.8) is 0 Å². The van der Waals surface area contributed by atoms with Gasteiger partial charge in [0.1, 0.15) is 0 Å². The second-order valence-corrected chi connectivity index (χ2v) is 19.5. The molecule has 0 bridgehead atoms. The number of fused-ring (bicyclic) bond motifs is 5. The molecule has 11 heteroatoms. The summed E-state index contributed by atoms with van der Waals surface area (Å²) >= 11 is 0. The van der Waals surface area contributed by atoms with Crippen LogP contribution in [0, 0.1) is 40.9 Å². The predicted molar refractivity (Wildman–Crippen MR) is 253 cm³/mol. The standard InChI is InChI=1S/C13H16N2O.C13H14N2.C12H15N.C6H10N2O.C5H9N.C3H6.ClH/c14-13(16)12-7-10-6-11(10)15(12)8-9-4-2-1-3-5-9;14-8-12-6-11-7-13(11)15(12)9-10-4-2-1-3-5-10;1-2-4-10(5-3-1)9-13-7-6-11-8-12(11)13;7-6(9)5-2-3-1-4(3)8-5;1-2-6-5-3-4(1)5;1-3-2;/h1-5,10-12H,6-8H2,(H2,14,16);1-5,11-13H,6-7,9H2;1-5,11-12H,6-9H2;3-5,8H,1-2H2,(H2,7,9);4-6H,1-3H2;3H,1H2,2H3;1H/t10-,11?,12-;11-,12+,13?;11-,12?;3-,4?,5-;4-,5?;;/m01101../s1. The third-order valence-corrected chi connectivity index (χ3v) is 14.8. The summed E-state index contributed by atoms with van der Waals surface area (Å²) in [6.45, 7) is 10.8. The number of amides is 2. The van der Waals surface area contributed by atoms with Crippen molar-refractivity contribution in [3.8, 4) is 6.07 Å². The Balaban J connectivity index is 0.000000119. The molecule has 5 aliphatic heterocycles. The summed E-state index contributed by atoms with van der Waals surface area (Å²) in [6, 6.07) is 37.9. The van der Waals surface area contributed by atoms with Crippen molar-refractivity contribution < 1.29 is 9.59 Å². The normalized spacial score (nSPS) is 34.5. The van der Waals surface area contributed by atoms with Crippen LogP contribution >= 0.6 is 12.4 Å². The Morgan fingerprint density at radius 2 is 1.21 bits per heavy atom.